The van der Waals surface area contributed by atoms with Crippen molar-refractivity contribution in [2.75, 3.05) is 0 Å². The van der Waals surface area contributed by atoms with Crippen LogP contribution < -0.4 is 5.73 Å². The number of oxazole rings is 1. The molecule has 0 atom stereocenters. The van der Waals surface area contributed by atoms with Crippen LogP contribution in [-0.2, 0) is 6.73 Å². The molecule has 0 radical (unpaired) electrons. The summed E-state index contributed by atoms with van der Waals surface area (Å²) >= 11 is 0. The van der Waals surface area contributed by atoms with Crippen LogP contribution in [0, 0.1) is 0 Å². The Kier molecular flexibility index (Phi) is 1.52. The Bertz CT molecular complexity index is 457. The van der Waals surface area contributed by atoms with Crippen LogP contribution in [0.1, 0.15) is 10.5 Å². The summed E-state index contributed by atoms with van der Waals surface area (Å²) in [5.41, 5.74) is 5.52. The van der Waals surface area contributed by atoms with Gasteiger partial charge >= 0.3 is 0 Å². The number of aliphatic hydroxyl groups is 1. The zero-order valence-corrected chi connectivity index (χ0v) is 6.47. The van der Waals surface area contributed by atoms with Crippen LogP contribution in [0.2, 0.25) is 0 Å². The number of carbonyl (C=O) groups is 1. The highest BCUT2D eigenvalue weighted by Crippen LogP contribution is 2.15. The minimum absolute atomic E-state index is 0.00204. The summed E-state index contributed by atoms with van der Waals surface area (Å²) in [6.07, 6.45) is 1.16. The predicted molar refractivity (Wildman–Crippen MR) is 40.5 cm³/mol. The molecule has 0 aliphatic rings. The van der Waals surface area contributed by atoms with Gasteiger partial charge in [-0.15, -0.1) is 0 Å². The van der Waals surface area contributed by atoms with Crippen molar-refractivity contribution in [3.63, 3.8) is 0 Å². The number of carbonyl (C=O) groups excluding carboxylic acids is 1. The van der Waals surface area contributed by atoms with E-state index in [9.17, 15) is 4.79 Å². The standard InChI is InChI=1S/C6H6N4O3/c7-5(12)3-4-6(13-1-8-4)10(2-11)9-3/h1,11H,2H2,(H2,7,12). The second-order valence-corrected chi connectivity index (χ2v) is 2.36. The van der Waals surface area contributed by atoms with Crippen molar-refractivity contribution in [2.45, 2.75) is 6.73 Å². The van der Waals surface area contributed by atoms with E-state index in [1.807, 2.05) is 0 Å². The summed E-state index contributed by atoms with van der Waals surface area (Å²) in [6, 6.07) is 0. The fourth-order valence-corrected chi connectivity index (χ4v) is 1.06. The summed E-state index contributed by atoms with van der Waals surface area (Å²) < 4.78 is 5.99. The van der Waals surface area contributed by atoms with Crippen LogP contribution in [0.3, 0.4) is 0 Å². The second kappa shape index (κ2) is 2.56. The minimum Gasteiger partial charge on any atom is -0.425 e. The topological polar surface area (TPSA) is 107 Å². The summed E-state index contributed by atoms with van der Waals surface area (Å²) in [6.45, 7) is -0.390. The van der Waals surface area contributed by atoms with Gasteiger partial charge in [-0.2, -0.15) is 5.10 Å². The number of amides is 1. The Labute approximate surface area is 71.8 Å². The second-order valence-electron chi connectivity index (χ2n) is 2.36. The van der Waals surface area contributed by atoms with Gasteiger partial charge in [0, 0.05) is 0 Å². The highest BCUT2D eigenvalue weighted by molar-refractivity contribution is 6.01. The molecule has 2 aromatic heterocycles. The molecule has 68 valence electrons. The molecule has 0 bridgehead atoms. The average molecular weight is 182 g/mol. The van der Waals surface area contributed by atoms with E-state index in [-0.39, 0.29) is 23.7 Å². The molecule has 2 heterocycles. The number of nitrogens with two attached hydrogens (primary N) is 1. The average Bonchev–Trinajstić information content (AvgIpc) is 2.61. The van der Waals surface area contributed by atoms with Crippen molar-refractivity contribution >= 4 is 17.1 Å². The van der Waals surface area contributed by atoms with Crippen molar-refractivity contribution in [2.24, 2.45) is 5.73 Å². The Hall–Kier alpha value is -1.89. The normalized spacial score (nSPS) is 10.8. The van der Waals surface area contributed by atoms with E-state index < -0.39 is 5.91 Å². The summed E-state index contributed by atoms with van der Waals surface area (Å²) in [5.74, 6) is -0.703. The van der Waals surface area contributed by atoms with E-state index in [2.05, 4.69) is 10.1 Å². The van der Waals surface area contributed by atoms with Gasteiger partial charge in [0.2, 0.25) is 5.71 Å². The summed E-state index contributed by atoms with van der Waals surface area (Å²) in [4.78, 5) is 14.6. The molecule has 0 saturated heterocycles. The molecular formula is C6H6N4O3. The molecule has 0 spiro atoms. The Morgan fingerprint density at radius 2 is 2.54 bits per heavy atom. The number of nitrogens with zero attached hydrogens (tertiary/aromatic N) is 3. The first kappa shape index (κ1) is 7.74. The number of aromatic nitrogens is 3. The van der Waals surface area contributed by atoms with Crippen molar-refractivity contribution in [1.82, 2.24) is 14.8 Å². The van der Waals surface area contributed by atoms with E-state index in [1.54, 1.807) is 0 Å². The van der Waals surface area contributed by atoms with Crippen LogP contribution in [0.15, 0.2) is 10.8 Å². The van der Waals surface area contributed by atoms with Crippen molar-refractivity contribution in [1.29, 1.82) is 0 Å². The van der Waals surface area contributed by atoms with Gasteiger partial charge in [-0.25, -0.2) is 9.67 Å². The number of primary amides is 1. The molecule has 0 unspecified atom stereocenters. The van der Waals surface area contributed by atoms with E-state index in [0.29, 0.717) is 0 Å². The van der Waals surface area contributed by atoms with Gasteiger partial charge in [0.1, 0.15) is 6.73 Å². The first-order chi connectivity index (χ1) is 6.24. The Morgan fingerprint density at radius 3 is 3.15 bits per heavy atom. The van der Waals surface area contributed by atoms with E-state index in [4.69, 9.17) is 15.3 Å². The zero-order chi connectivity index (χ0) is 9.42. The van der Waals surface area contributed by atoms with Crippen LogP contribution in [0.25, 0.3) is 11.2 Å². The fourth-order valence-electron chi connectivity index (χ4n) is 1.06. The lowest BCUT2D eigenvalue weighted by Gasteiger charge is -1.90. The molecule has 3 N–H and O–H groups in total. The maximum absolute atomic E-state index is 10.8. The Balaban J connectivity index is 2.75. The summed E-state index contributed by atoms with van der Waals surface area (Å²) in [7, 11) is 0. The SMILES string of the molecule is NC(=O)c1nn(CO)c2ocnc12. The number of rotatable bonds is 2. The third-order valence-corrected chi connectivity index (χ3v) is 1.60. The van der Waals surface area contributed by atoms with Gasteiger partial charge in [-0.1, -0.05) is 0 Å². The summed E-state index contributed by atoms with van der Waals surface area (Å²) in [5, 5.41) is 12.5. The molecule has 7 heteroatoms. The molecule has 2 rings (SSSR count). The van der Waals surface area contributed by atoms with Crippen LogP contribution in [0.4, 0.5) is 0 Å². The molecular weight excluding hydrogens is 176 g/mol. The lowest BCUT2D eigenvalue weighted by molar-refractivity contribution is 0.0994. The van der Waals surface area contributed by atoms with E-state index in [1.165, 1.54) is 0 Å². The minimum atomic E-state index is -0.703. The van der Waals surface area contributed by atoms with Gasteiger partial charge in [0.15, 0.2) is 17.6 Å². The first-order valence-corrected chi connectivity index (χ1v) is 3.44. The molecule has 1 amide bonds. The van der Waals surface area contributed by atoms with Crippen LogP contribution in [0.5, 0.6) is 0 Å². The number of hydrogen-bond acceptors (Lipinski definition) is 5. The van der Waals surface area contributed by atoms with Gasteiger partial charge < -0.3 is 15.3 Å². The molecule has 0 saturated carbocycles. The van der Waals surface area contributed by atoms with Crippen molar-refractivity contribution in [3.8, 4) is 0 Å². The monoisotopic (exact) mass is 182 g/mol. The Morgan fingerprint density at radius 1 is 1.77 bits per heavy atom. The van der Waals surface area contributed by atoms with E-state index in [0.717, 1.165) is 11.1 Å². The van der Waals surface area contributed by atoms with Gasteiger partial charge in [-0.3, -0.25) is 4.79 Å². The molecule has 0 aromatic carbocycles. The van der Waals surface area contributed by atoms with Crippen LogP contribution >= 0.6 is 0 Å². The van der Waals surface area contributed by atoms with Gasteiger partial charge in [0.05, 0.1) is 0 Å². The predicted octanol–water partition coefficient (Wildman–Crippen LogP) is -0.927. The highest BCUT2D eigenvalue weighted by atomic mass is 16.4. The maximum atomic E-state index is 10.8. The molecule has 0 aliphatic carbocycles. The zero-order valence-electron chi connectivity index (χ0n) is 6.47. The molecule has 2 aromatic rings. The van der Waals surface area contributed by atoms with Crippen molar-refractivity contribution in [3.05, 3.63) is 12.1 Å². The number of aliphatic hydroxyl groups excluding tert-OH is 1. The lowest BCUT2D eigenvalue weighted by Crippen LogP contribution is -2.13. The van der Waals surface area contributed by atoms with Gasteiger partial charge in [0.25, 0.3) is 5.91 Å². The van der Waals surface area contributed by atoms with Gasteiger partial charge in [-0.05, 0) is 0 Å². The lowest BCUT2D eigenvalue weighted by atomic mass is 10.4. The largest absolute Gasteiger partial charge is 0.425 e. The number of fused-ring (bicyclic) bond motifs is 1. The van der Waals surface area contributed by atoms with Crippen molar-refractivity contribution < 1.29 is 14.3 Å². The third-order valence-electron chi connectivity index (χ3n) is 1.60. The molecule has 7 nitrogen and oxygen atoms in total. The quantitative estimate of drug-likeness (QED) is 0.624. The van der Waals surface area contributed by atoms with E-state index >= 15 is 0 Å². The molecule has 0 fully saturated rings. The highest BCUT2D eigenvalue weighted by Gasteiger charge is 2.17. The first-order valence-electron chi connectivity index (χ1n) is 3.44. The fraction of sp³-hybridized carbons (Fsp3) is 0.167. The van der Waals surface area contributed by atoms with Crippen LogP contribution in [-0.4, -0.2) is 25.8 Å². The molecule has 13 heavy (non-hydrogen) atoms. The molecule has 0 aliphatic heterocycles. The smallest absolute Gasteiger partial charge is 0.271 e. The number of hydrogen-bond donors (Lipinski definition) is 2. The maximum Gasteiger partial charge on any atom is 0.271 e. The third kappa shape index (κ3) is 0.975.